The molecule has 1 aliphatic rings. The molecule has 1 aliphatic heterocycles. The normalized spacial score (nSPS) is 16.6. The molecule has 0 amide bonds. The molecular weight excluding hydrogens is 388 g/mol. The van der Waals surface area contributed by atoms with E-state index >= 15 is 0 Å². The summed E-state index contributed by atoms with van der Waals surface area (Å²) < 4.78 is 29.1. The molecule has 28 heavy (non-hydrogen) atoms. The van der Waals surface area contributed by atoms with Crippen molar-refractivity contribution in [3.05, 3.63) is 65.0 Å². The van der Waals surface area contributed by atoms with Crippen LogP contribution in [0, 0.1) is 0 Å². The zero-order chi connectivity index (χ0) is 19.6. The van der Waals surface area contributed by atoms with Crippen molar-refractivity contribution in [3.63, 3.8) is 0 Å². The Morgan fingerprint density at radius 3 is 2.54 bits per heavy atom. The maximum Gasteiger partial charge on any atom is 0.250 e. The lowest BCUT2D eigenvalue weighted by molar-refractivity contribution is -0.918. The molecule has 2 heterocycles. The van der Waals surface area contributed by atoms with Gasteiger partial charge in [0.2, 0.25) is 10.0 Å². The second-order valence-corrected chi connectivity index (χ2v) is 10.6. The van der Waals surface area contributed by atoms with Crippen LogP contribution in [0.5, 0.6) is 0 Å². The van der Waals surface area contributed by atoms with Gasteiger partial charge in [0.05, 0.1) is 19.6 Å². The van der Waals surface area contributed by atoms with Crippen LogP contribution in [0.3, 0.4) is 0 Å². The van der Waals surface area contributed by atoms with E-state index < -0.39 is 10.0 Å². The molecule has 0 unspecified atom stereocenters. The van der Waals surface area contributed by atoms with Crippen molar-refractivity contribution < 1.29 is 13.3 Å². The topological polar surface area (TPSA) is 50.6 Å². The molecule has 6 heteroatoms. The molecule has 4 rings (SSSR count). The predicted octanol–water partition coefficient (Wildman–Crippen LogP) is 3.16. The number of thiophene rings is 1. The third kappa shape index (κ3) is 4.01. The van der Waals surface area contributed by atoms with E-state index in [2.05, 4.69) is 47.2 Å². The van der Waals surface area contributed by atoms with E-state index in [1.54, 1.807) is 6.07 Å². The second kappa shape index (κ2) is 8.33. The van der Waals surface area contributed by atoms with E-state index in [-0.39, 0.29) is 6.04 Å². The fourth-order valence-electron chi connectivity index (χ4n) is 4.16. The van der Waals surface area contributed by atoms with Crippen LogP contribution in [0.4, 0.5) is 0 Å². The molecule has 0 bridgehead atoms. The summed E-state index contributed by atoms with van der Waals surface area (Å²) in [5.41, 5.74) is 1.23. The van der Waals surface area contributed by atoms with Gasteiger partial charge >= 0.3 is 0 Å². The number of fused-ring (bicyclic) bond motifs is 1. The van der Waals surface area contributed by atoms with Gasteiger partial charge in [0.25, 0.3) is 0 Å². The first-order valence-electron chi connectivity index (χ1n) is 9.99. The van der Waals surface area contributed by atoms with Crippen LogP contribution in [0.15, 0.2) is 58.8 Å². The number of likely N-dealkylation sites (tertiary alicyclic amines) is 1. The van der Waals surface area contributed by atoms with Crippen LogP contribution in [0.25, 0.3) is 10.8 Å². The minimum absolute atomic E-state index is 0.119. The van der Waals surface area contributed by atoms with Crippen LogP contribution >= 0.6 is 11.3 Å². The first-order valence-corrected chi connectivity index (χ1v) is 12.3. The average molecular weight is 416 g/mol. The summed E-state index contributed by atoms with van der Waals surface area (Å²) in [5, 5.41) is 2.43. The Kier molecular flexibility index (Phi) is 5.83. The van der Waals surface area contributed by atoms with Crippen molar-refractivity contribution in [3.8, 4) is 0 Å². The molecule has 1 atom stereocenters. The summed E-state index contributed by atoms with van der Waals surface area (Å²) in [7, 11) is -3.48. The molecular formula is C22H27N2O2S2+. The summed E-state index contributed by atoms with van der Waals surface area (Å²) in [6.45, 7) is 4.65. The first-order chi connectivity index (χ1) is 13.6. The lowest BCUT2D eigenvalue weighted by Crippen LogP contribution is -3.11. The number of hydrogen-bond donors (Lipinski definition) is 2. The highest BCUT2D eigenvalue weighted by Crippen LogP contribution is 2.25. The molecule has 0 spiro atoms. The van der Waals surface area contributed by atoms with Gasteiger partial charge in [0.1, 0.15) is 10.3 Å². The highest BCUT2D eigenvalue weighted by Gasteiger charge is 2.30. The molecule has 1 aromatic heterocycles. The van der Waals surface area contributed by atoms with Crippen molar-refractivity contribution in [1.82, 2.24) is 4.72 Å². The highest BCUT2D eigenvalue weighted by atomic mass is 32.2. The van der Waals surface area contributed by atoms with Gasteiger partial charge in [-0.1, -0.05) is 49.4 Å². The summed E-state index contributed by atoms with van der Waals surface area (Å²) in [6, 6.07) is 18.5. The summed E-state index contributed by atoms with van der Waals surface area (Å²) in [6.07, 6.45) is 3.26. The van der Waals surface area contributed by atoms with Crippen LogP contribution in [0.2, 0.25) is 0 Å². The van der Waals surface area contributed by atoms with Gasteiger partial charge < -0.3 is 4.90 Å². The van der Waals surface area contributed by atoms with Gasteiger partial charge in [-0.25, -0.2) is 13.1 Å². The molecule has 3 aromatic rings. The lowest BCUT2D eigenvalue weighted by atomic mass is 9.98. The van der Waals surface area contributed by atoms with E-state index in [1.807, 2.05) is 13.0 Å². The molecule has 0 radical (unpaired) electrons. The molecule has 148 valence electrons. The first kappa shape index (κ1) is 19.6. The predicted molar refractivity (Wildman–Crippen MR) is 116 cm³/mol. The highest BCUT2D eigenvalue weighted by molar-refractivity contribution is 7.91. The maximum atomic E-state index is 12.9. The Labute approximate surface area is 171 Å². The summed E-state index contributed by atoms with van der Waals surface area (Å²) in [4.78, 5) is 2.57. The van der Waals surface area contributed by atoms with Crippen LogP contribution < -0.4 is 9.62 Å². The Morgan fingerprint density at radius 1 is 1.04 bits per heavy atom. The quantitative estimate of drug-likeness (QED) is 0.623. The fraction of sp³-hybridized carbons (Fsp3) is 0.364. The van der Waals surface area contributed by atoms with Crippen molar-refractivity contribution in [2.24, 2.45) is 0 Å². The number of aryl methyl sites for hydroxylation is 1. The molecule has 0 aliphatic carbocycles. The van der Waals surface area contributed by atoms with E-state index in [0.29, 0.717) is 10.8 Å². The number of nitrogens with one attached hydrogen (secondary N) is 2. The van der Waals surface area contributed by atoms with Crippen molar-refractivity contribution >= 4 is 32.1 Å². The molecule has 2 N–H and O–H groups in total. The van der Waals surface area contributed by atoms with Crippen LogP contribution in [-0.4, -0.2) is 28.1 Å². The molecule has 4 nitrogen and oxygen atoms in total. The monoisotopic (exact) mass is 415 g/mol. The molecule has 2 aromatic carbocycles. The number of rotatable bonds is 7. The number of sulfonamides is 1. The summed E-state index contributed by atoms with van der Waals surface area (Å²) in [5.74, 6) is 0. The third-order valence-electron chi connectivity index (χ3n) is 5.67. The van der Waals surface area contributed by atoms with E-state index in [1.165, 1.54) is 45.4 Å². The van der Waals surface area contributed by atoms with E-state index in [9.17, 15) is 8.42 Å². The molecule has 0 saturated carbocycles. The Hall–Kier alpha value is -1.73. The number of quaternary nitrogens is 1. The Bertz CT molecular complexity index is 1050. The van der Waals surface area contributed by atoms with Gasteiger partial charge in [0, 0.05) is 23.3 Å². The standard InChI is InChI=1S/C22H26N2O2S2/c1-2-18-12-13-22(27-18)28(25,26)23-16-21(24-14-5-6-15-24)20-11-7-9-17-8-3-4-10-19(17)20/h3-4,7-13,21,23H,2,5-6,14-16H2,1H3/p+1/t21-/m1/s1. The smallest absolute Gasteiger partial charge is 0.250 e. The van der Waals surface area contributed by atoms with Crippen molar-refractivity contribution in [2.75, 3.05) is 19.6 Å². The summed E-state index contributed by atoms with van der Waals surface area (Å²) >= 11 is 1.36. The van der Waals surface area contributed by atoms with Gasteiger partial charge in [-0.2, -0.15) is 0 Å². The second-order valence-electron chi connectivity index (χ2n) is 7.41. The minimum atomic E-state index is -3.48. The van der Waals surface area contributed by atoms with E-state index in [0.717, 1.165) is 24.4 Å². The van der Waals surface area contributed by atoms with Gasteiger partial charge in [0.15, 0.2) is 0 Å². The van der Waals surface area contributed by atoms with Gasteiger partial charge in [-0.15, -0.1) is 11.3 Å². The number of hydrogen-bond acceptors (Lipinski definition) is 3. The Morgan fingerprint density at radius 2 is 1.79 bits per heavy atom. The third-order valence-corrected chi connectivity index (χ3v) is 8.81. The zero-order valence-electron chi connectivity index (χ0n) is 16.1. The molecule has 1 saturated heterocycles. The van der Waals surface area contributed by atoms with Crippen molar-refractivity contribution in [1.29, 1.82) is 0 Å². The lowest BCUT2D eigenvalue weighted by Gasteiger charge is -2.26. The minimum Gasteiger partial charge on any atom is -0.328 e. The SMILES string of the molecule is CCc1ccc(S(=O)(=O)NC[C@H](c2cccc3ccccc23)[NH+]2CCCC2)s1. The van der Waals surface area contributed by atoms with Crippen LogP contribution in [-0.2, 0) is 16.4 Å². The largest absolute Gasteiger partial charge is 0.328 e. The fourth-order valence-corrected chi connectivity index (χ4v) is 6.55. The number of benzene rings is 2. The molecule has 1 fully saturated rings. The van der Waals surface area contributed by atoms with Gasteiger partial charge in [-0.3, -0.25) is 0 Å². The maximum absolute atomic E-state index is 12.9. The zero-order valence-corrected chi connectivity index (χ0v) is 17.8. The average Bonchev–Trinajstić information content (AvgIpc) is 3.40. The van der Waals surface area contributed by atoms with Crippen LogP contribution in [0.1, 0.15) is 36.2 Å². The Balaban J connectivity index is 1.63. The van der Waals surface area contributed by atoms with E-state index in [4.69, 9.17) is 0 Å². The van der Waals surface area contributed by atoms with Crippen molar-refractivity contribution in [2.45, 2.75) is 36.4 Å². The van der Waals surface area contributed by atoms with Gasteiger partial charge in [-0.05, 0) is 29.3 Å².